The Bertz CT molecular complexity index is 389. The summed E-state index contributed by atoms with van der Waals surface area (Å²) < 4.78 is 15.9. The fourth-order valence-corrected chi connectivity index (χ4v) is 1.85. The van der Waals surface area contributed by atoms with Crippen LogP contribution in [-0.4, -0.2) is 40.5 Å². The van der Waals surface area contributed by atoms with Crippen LogP contribution in [0.3, 0.4) is 0 Å². The smallest absolute Gasteiger partial charge is 0.142 e. The molecular formula is C12H17N3O3. The third-order valence-corrected chi connectivity index (χ3v) is 2.74. The predicted molar refractivity (Wildman–Crippen MR) is 66.0 cm³/mol. The van der Waals surface area contributed by atoms with Crippen LogP contribution in [-0.2, 0) is 4.74 Å². The van der Waals surface area contributed by atoms with Crippen molar-refractivity contribution in [1.82, 2.24) is 0 Å². The molecule has 1 aromatic rings. The number of benzene rings is 1. The molecule has 0 spiro atoms. The monoisotopic (exact) mass is 251 g/mol. The molecule has 0 aromatic heterocycles. The molecule has 0 atom stereocenters. The average Bonchev–Trinajstić information content (AvgIpc) is 2.49. The predicted octanol–water partition coefficient (Wildman–Crippen LogP) is 1.57. The van der Waals surface area contributed by atoms with Crippen molar-refractivity contribution in [2.45, 2.75) is 0 Å². The van der Waals surface area contributed by atoms with E-state index in [1.54, 1.807) is 14.2 Å². The quantitative estimate of drug-likeness (QED) is 0.759. The summed E-state index contributed by atoms with van der Waals surface area (Å²) in [6, 6.07) is 5.84. The number of hydrogen-bond donors (Lipinski definition) is 0. The van der Waals surface area contributed by atoms with Crippen LogP contribution in [0.5, 0.6) is 11.5 Å². The van der Waals surface area contributed by atoms with Crippen LogP contribution in [0.25, 0.3) is 0 Å². The maximum absolute atomic E-state index is 6.00. The minimum Gasteiger partial charge on any atom is -0.497 e. The second-order valence-corrected chi connectivity index (χ2v) is 3.64. The highest BCUT2D eigenvalue weighted by atomic mass is 16.5. The minimum atomic E-state index is 0.764. The number of hydrogen-bond acceptors (Lipinski definition) is 6. The molecule has 0 radical (unpaired) electrons. The van der Waals surface area contributed by atoms with E-state index in [4.69, 9.17) is 25.0 Å². The molecule has 18 heavy (non-hydrogen) atoms. The van der Waals surface area contributed by atoms with Gasteiger partial charge < -0.3 is 19.1 Å². The summed E-state index contributed by atoms with van der Waals surface area (Å²) in [5.74, 6) is 1.73. The first-order chi connectivity index (χ1) is 8.85. The minimum absolute atomic E-state index is 0.764. The van der Waals surface area contributed by atoms with Gasteiger partial charge in [0.25, 0.3) is 0 Å². The van der Waals surface area contributed by atoms with Gasteiger partial charge in [-0.3, -0.25) is 0 Å². The van der Waals surface area contributed by atoms with Crippen LogP contribution >= 0.6 is 0 Å². The molecular weight excluding hydrogens is 234 g/mol. The van der Waals surface area contributed by atoms with Crippen molar-refractivity contribution < 1.29 is 14.2 Å². The Labute approximate surface area is 106 Å². The van der Waals surface area contributed by atoms with Crippen molar-refractivity contribution in [3.63, 3.8) is 0 Å². The average molecular weight is 251 g/mol. The van der Waals surface area contributed by atoms with Crippen molar-refractivity contribution in [2.75, 3.05) is 45.4 Å². The molecule has 6 heteroatoms. The van der Waals surface area contributed by atoms with E-state index in [1.807, 2.05) is 18.2 Å². The fraction of sp³-hybridized carbons (Fsp3) is 0.500. The molecule has 0 N–H and O–H groups in total. The maximum Gasteiger partial charge on any atom is 0.142 e. The zero-order valence-corrected chi connectivity index (χ0v) is 10.6. The van der Waals surface area contributed by atoms with E-state index in [2.05, 4.69) is 4.90 Å². The number of rotatable bonds is 3. The normalized spacial score (nSPS) is 14.3. The number of morpholine rings is 1. The Morgan fingerprint density at radius 2 is 1.78 bits per heavy atom. The van der Waals surface area contributed by atoms with Gasteiger partial charge in [-0.15, -0.1) is 0 Å². The van der Waals surface area contributed by atoms with Crippen LogP contribution in [0.1, 0.15) is 0 Å². The molecule has 0 saturated carbocycles. The third-order valence-electron chi connectivity index (χ3n) is 2.74. The van der Waals surface area contributed by atoms with Gasteiger partial charge in [0.15, 0.2) is 0 Å². The molecule has 1 aliphatic rings. The lowest BCUT2D eigenvalue weighted by Gasteiger charge is -2.30. The summed E-state index contributed by atoms with van der Waals surface area (Å²) in [6.07, 6.45) is 0. The molecule has 1 saturated heterocycles. The van der Waals surface area contributed by atoms with Crippen molar-refractivity contribution in [3.05, 3.63) is 18.2 Å². The van der Waals surface area contributed by atoms with Gasteiger partial charge in [-0.1, -0.05) is 0 Å². The second-order valence-electron chi connectivity index (χ2n) is 3.64. The van der Waals surface area contributed by atoms with E-state index in [1.165, 1.54) is 0 Å². The van der Waals surface area contributed by atoms with Gasteiger partial charge in [-0.2, -0.15) is 0 Å². The summed E-state index contributed by atoms with van der Waals surface area (Å²) in [5.41, 5.74) is 1.07. The Kier molecular flexibility index (Phi) is 5.74. The molecule has 0 amide bonds. The van der Waals surface area contributed by atoms with E-state index in [0.717, 1.165) is 43.5 Å². The van der Waals surface area contributed by atoms with Gasteiger partial charge in [0.2, 0.25) is 0 Å². The summed E-state index contributed by atoms with van der Waals surface area (Å²) >= 11 is 0. The maximum atomic E-state index is 6.00. The SMILES string of the molecule is COc1ccc(OC)c(N2CCOCC2)c1.N#N. The zero-order chi connectivity index (χ0) is 13.4. The van der Waals surface area contributed by atoms with Crippen LogP contribution in [0.15, 0.2) is 18.2 Å². The summed E-state index contributed by atoms with van der Waals surface area (Å²) in [7, 11) is 3.36. The molecule has 1 fully saturated rings. The van der Waals surface area contributed by atoms with E-state index >= 15 is 0 Å². The topological polar surface area (TPSA) is 78.5 Å². The molecule has 0 bridgehead atoms. The fourth-order valence-electron chi connectivity index (χ4n) is 1.85. The van der Waals surface area contributed by atoms with Crippen molar-refractivity contribution in [3.8, 4) is 11.5 Å². The highest BCUT2D eigenvalue weighted by Gasteiger charge is 2.16. The molecule has 1 heterocycles. The van der Waals surface area contributed by atoms with Crippen molar-refractivity contribution in [2.24, 2.45) is 0 Å². The van der Waals surface area contributed by atoms with Gasteiger partial charge in [0.05, 0.1) is 33.1 Å². The van der Waals surface area contributed by atoms with E-state index < -0.39 is 0 Å². The number of anilines is 1. The van der Waals surface area contributed by atoms with E-state index in [9.17, 15) is 0 Å². The second kappa shape index (κ2) is 7.35. The Morgan fingerprint density at radius 3 is 2.33 bits per heavy atom. The van der Waals surface area contributed by atoms with Crippen molar-refractivity contribution in [1.29, 1.82) is 10.8 Å². The summed E-state index contributed by atoms with van der Waals surface area (Å²) in [6.45, 7) is 3.31. The lowest BCUT2D eigenvalue weighted by Crippen LogP contribution is -2.36. The molecule has 1 aromatic carbocycles. The van der Waals surface area contributed by atoms with Crippen LogP contribution in [0.4, 0.5) is 5.69 Å². The Balaban J connectivity index is 0.000000771. The molecule has 0 aliphatic carbocycles. The first kappa shape index (κ1) is 14.1. The largest absolute Gasteiger partial charge is 0.497 e. The summed E-state index contributed by atoms with van der Waals surface area (Å²) in [4.78, 5) is 2.25. The van der Waals surface area contributed by atoms with Gasteiger partial charge in [-0.05, 0) is 12.1 Å². The standard InChI is InChI=1S/C12H17NO3.N2/c1-14-10-3-4-12(15-2)11(9-10)13-5-7-16-8-6-13;1-2/h3-4,9H,5-8H2,1-2H3;. The van der Waals surface area contributed by atoms with Gasteiger partial charge >= 0.3 is 0 Å². The third kappa shape index (κ3) is 3.25. The van der Waals surface area contributed by atoms with Crippen molar-refractivity contribution >= 4 is 5.69 Å². The molecule has 2 rings (SSSR count). The van der Waals surface area contributed by atoms with Gasteiger partial charge in [0.1, 0.15) is 11.5 Å². The first-order valence-electron chi connectivity index (χ1n) is 5.60. The highest BCUT2D eigenvalue weighted by molar-refractivity contribution is 5.61. The number of methoxy groups -OCH3 is 2. The van der Waals surface area contributed by atoms with Crippen LogP contribution in [0.2, 0.25) is 0 Å². The Hall–Kier alpha value is -2.00. The van der Waals surface area contributed by atoms with Gasteiger partial charge in [0, 0.05) is 29.9 Å². The zero-order valence-electron chi connectivity index (χ0n) is 10.6. The Morgan fingerprint density at radius 1 is 1.11 bits per heavy atom. The highest BCUT2D eigenvalue weighted by Crippen LogP contribution is 2.32. The molecule has 1 aliphatic heterocycles. The van der Waals surface area contributed by atoms with Crippen LogP contribution < -0.4 is 14.4 Å². The number of ether oxygens (including phenoxy) is 3. The van der Waals surface area contributed by atoms with E-state index in [0.29, 0.717) is 0 Å². The summed E-state index contributed by atoms with van der Waals surface area (Å²) in [5, 5.41) is 12.0. The van der Waals surface area contributed by atoms with Gasteiger partial charge in [-0.25, -0.2) is 0 Å². The lowest BCUT2D eigenvalue weighted by atomic mass is 10.2. The lowest BCUT2D eigenvalue weighted by molar-refractivity contribution is 0.122. The molecule has 6 nitrogen and oxygen atoms in total. The number of nitrogens with zero attached hydrogens (tertiary/aromatic N) is 3. The molecule has 98 valence electrons. The first-order valence-corrected chi connectivity index (χ1v) is 5.60. The van der Waals surface area contributed by atoms with Crippen LogP contribution in [0, 0.1) is 10.8 Å². The molecule has 0 unspecified atom stereocenters. The van der Waals surface area contributed by atoms with E-state index in [-0.39, 0.29) is 0 Å².